The molecule has 1 unspecified atom stereocenters. The smallest absolute Gasteiger partial charge is 0.0300 e. The molecule has 0 aliphatic carbocycles. The zero-order valence-electron chi connectivity index (χ0n) is 11.5. The first-order chi connectivity index (χ1) is 8.27. The first-order valence-electron chi connectivity index (χ1n) is 6.88. The minimum Gasteiger partial charge on any atom is -0.312 e. The summed E-state index contributed by atoms with van der Waals surface area (Å²) in [6.07, 6.45) is 9.11. The van der Waals surface area contributed by atoms with E-state index in [4.69, 9.17) is 0 Å². The molecule has 1 aromatic rings. The lowest BCUT2D eigenvalue weighted by Gasteiger charge is -2.15. The summed E-state index contributed by atoms with van der Waals surface area (Å²) in [5, 5.41) is 3.57. The van der Waals surface area contributed by atoms with Gasteiger partial charge in [0, 0.05) is 18.9 Å². The second-order valence-electron chi connectivity index (χ2n) is 4.85. The summed E-state index contributed by atoms with van der Waals surface area (Å²) in [7, 11) is 0. The molecule has 0 aliphatic heterocycles. The van der Waals surface area contributed by atoms with Crippen LogP contribution in [-0.2, 0) is 6.54 Å². The van der Waals surface area contributed by atoms with Gasteiger partial charge in [0.05, 0.1) is 0 Å². The number of hydrogen-bond donors (Lipinski definition) is 1. The van der Waals surface area contributed by atoms with Gasteiger partial charge in [0.2, 0.25) is 0 Å². The molecule has 2 nitrogen and oxygen atoms in total. The fraction of sp³-hybridized carbons (Fsp3) is 0.667. The van der Waals surface area contributed by atoms with Gasteiger partial charge in [-0.2, -0.15) is 0 Å². The van der Waals surface area contributed by atoms with Crippen LogP contribution in [0, 0.1) is 12.8 Å². The molecule has 0 saturated carbocycles. The van der Waals surface area contributed by atoms with E-state index in [1.165, 1.54) is 36.8 Å². The Bertz CT molecular complexity index is 310. The quantitative estimate of drug-likeness (QED) is 0.742. The molecule has 0 fully saturated rings. The zero-order chi connectivity index (χ0) is 12.5. The zero-order valence-corrected chi connectivity index (χ0v) is 11.5. The van der Waals surface area contributed by atoms with E-state index in [1.54, 1.807) is 0 Å². The third kappa shape index (κ3) is 5.31. The van der Waals surface area contributed by atoms with Crippen LogP contribution >= 0.6 is 0 Å². The molecule has 0 aliphatic rings. The topological polar surface area (TPSA) is 24.9 Å². The third-order valence-corrected chi connectivity index (χ3v) is 3.43. The SMILES string of the molecule is CCCCC(CC)CNCc1ccncc1C. The Hall–Kier alpha value is -0.890. The number of nitrogens with zero attached hydrogens (tertiary/aromatic N) is 1. The van der Waals surface area contributed by atoms with Gasteiger partial charge in [-0.15, -0.1) is 0 Å². The highest BCUT2D eigenvalue weighted by molar-refractivity contribution is 5.21. The van der Waals surface area contributed by atoms with Gasteiger partial charge in [-0.3, -0.25) is 4.98 Å². The maximum atomic E-state index is 4.12. The van der Waals surface area contributed by atoms with Crippen molar-refractivity contribution in [3.63, 3.8) is 0 Å². The largest absolute Gasteiger partial charge is 0.312 e. The summed E-state index contributed by atoms with van der Waals surface area (Å²) < 4.78 is 0. The van der Waals surface area contributed by atoms with Crippen molar-refractivity contribution in [2.75, 3.05) is 6.54 Å². The van der Waals surface area contributed by atoms with Crippen molar-refractivity contribution < 1.29 is 0 Å². The summed E-state index contributed by atoms with van der Waals surface area (Å²) in [5.74, 6) is 0.831. The predicted octanol–water partition coefficient (Wildman–Crippen LogP) is 3.70. The number of aryl methyl sites for hydroxylation is 1. The molecule has 96 valence electrons. The van der Waals surface area contributed by atoms with E-state index in [0.29, 0.717) is 0 Å². The van der Waals surface area contributed by atoms with E-state index >= 15 is 0 Å². The van der Waals surface area contributed by atoms with E-state index in [0.717, 1.165) is 19.0 Å². The van der Waals surface area contributed by atoms with Crippen molar-refractivity contribution in [3.05, 3.63) is 29.6 Å². The fourth-order valence-corrected chi connectivity index (χ4v) is 2.05. The van der Waals surface area contributed by atoms with Gasteiger partial charge < -0.3 is 5.32 Å². The van der Waals surface area contributed by atoms with Gasteiger partial charge in [0.25, 0.3) is 0 Å². The van der Waals surface area contributed by atoms with Crippen LogP contribution in [0.1, 0.15) is 50.7 Å². The Morgan fingerprint density at radius 3 is 2.82 bits per heavy atom. The molecule has 0 bridgehead atoms. The summed E-state index contributed by atoms with van der Waals surface area (Å²) in [4.78, 5) is 4.12. The Morgan fingerprint density at radius 2 is 2.18 bits per heavy atom. The number of nitrogens with one attached hydrogen (secondary N) is 1. The fourth-order valence-electron chi connectivity index (χ4n) is 2.05. The predicted molar refractivity (Wildman–Crippen MR) is 74.0 cm³/mol. The van der Waals surface area contributed by atoms with Crippen LogP contribution in [0.25, 0.3) is 0 Å². The Morgan fingerprint density at radius 1 is 1.35 bits per heavy atom. The normalized spacial score (nSPS) is 12.6. The lowest BCUT2D eigenvalue weighted by molar-refractivity contribution is 0.419. The minimum atomic E-state index is 0.831. The molecular formula is C15H26N2. The van der Waals surface area contributed by atoms with E-state index < -0.39 is 0 Å². The van der Waals surface area contributed by atoms with Gasteiger partial charge in [-0.1, -0.05) is 33.1 Å². The summed E-state index contributed by atoms with van der Waals surface area (Å²) >= 11 is 0. The molecule has 1 atom stereocenters. The van der Waals surface area contributed by atoms with E-state index in [1.807, 2.05) is 12.4 Å². The van der Waals surface area contributed by atoms with Crippen LogP contribution in [0.4, 0.5) is 0 Å². The van der Waals surface area contributed by atoms with E-state index in [-0.39, 0.29) is 0 Å². The first-order valence-corrected chi connectivity index (χ1v) is 6.88. The van der Waals surface area contributed by atoms with Gasteiger partial charge in [-0.25, -0.2) is 0 Å². The summed E-state index contributed by atoms with van der Waals surface area (Å²) in [6, 6.07) is 2.11. The van der Waals surface area contributed by atoms with Crippen molar-refractivity contribution in [1.82, 2.24) is 10.3 Å². The maximum absolute atomic E-state index is 4.12. The standard InChI is InChI=1S/C15H26N2/c1-4-6-7-14(5-2)11-17-12-15-8-9-16-10-13(15)3/h8-10,14,17H,4-7,11-12H2,1-3H3. The molecule has 0 aromatic carbocycles. The summed E-state index contributed by atoms with van der Waals surface area (Å²) in [6.45, 7) is 8.79. The van der Waals surface area contributed by atoms with E-state index in [2.05, 4.69) is 37.1 Å². The highest BCUT2D eigenvalue weighted by Gasteiger charge is 2.05. The lowest BCUT2D eigenvalue weighted by atomic mass is 9.99. The van der Waals surface area contributed by atoms with E-state index in [9.17, 15) is 0 Å². The first kappa shape index (κ1) is 14.2. The molecule has 2 heteroatoms. The highest BCUT2D eigenvalue weighted by atomic mass is 14.9. The second kappa shape index (κ2) is 8.24. The van der Waals surface area contributed by atoms with Gasteiger partial charge in [-0.05, 0) is 43.0 Å². The third-order valence-electron chi connectivity index (χ3n) is 3.43. The van der Waals surface area contributed by atoms with Crippen molar-refractivity contribution in [1.29, 1.82) is 0 Å². The van der Waals surface area contributed by atoms with Crippen molar-refractivity contribution in [2.24, 2.45) is 5.92 Å². The monoisotopic (exact) mass is 234 g/mol. The molecule has 1 heterocycles. The van der Waals surface area contributed by atoms with Crippen LogP contribution in [-0.4, -0.2) is 11.5 Å². The van der Waals surface area contributed by atoms with Crippen LogP contribution in [0.15, 0.2) is 18.5 Å². The van der Waals surface area contributed by atoms with Crippen molar-refractivity contribution in [2.45, 2.75) is 53.0 Å². The summed E-state index contributed by atoms with van der Waals surface area (Å²) in [5.41, 5.74) is 2.65. The molecule has 17 heavy (non-hydrogen) atoms. The Balaban J connectivity index is 2.28. The molecular weight excluding hydrogens is 208 g/mol. The molecule has 0 amide bonds. The van der Waals surface area contributed by atoms with Crippen LogP contribution < -0.4 is 5.32 Å². The molecule has 0 radical (unpaired) electrons. The van der Waals surface area contributed by atoms with Crippen molar-refractivity contribution >= 4 is 0 Å². The van der Waals surface area contributed by atoms with Gasteiger partial charge >= 0.3 is 0 Å². The Kier molecular flexibility index (Phi) is 6.87. The van der Waals surface area contributed by atoms with Crippen LogP contribution in [0.3, 0.4) is 0 Å². The number of pyridine rings is 1. The molecule has 1 aromatic heterocycles. The molecule has 1 N–H and O–H groups in total. The van der Waals surface area contributed by atoms with Crippen molar-refractivity contribution in [3.8, 4) is 0 Å². The molecule has 1 rings (SSSR count). The van der Waals surface area contributed by atoms with Crippen LogP contribution in [0.2, 0.25) is 0 Å². The van der Waals surface area contributed by atoms with Gasteiger partial charge in [0.15, 0.2) is 0 Å². The number of hydrogen-bond acceptors (Lipinski definition) is 2. The minimum absolute atomic E-state index is 0.831. The molecule has 0 spiro atoms. The van der Waals surface area contributed by atoms with Gasteiger partial charge in [0.1, 0.15) is 0 Å². The lowest BCUT2D eigenvalue weighted by Crippen LogP contribution is -2.22. The second-order valence-corrected chi connectivity index (χ2v) is 4.85. The Labute approximate surface area is 106 Å². The average molecular weight is 234 g/mol. The number of aromatic nitrogens is 1. The van der Waals surface area contributed by atoms with Crippen LogP contribution in [0.5, 0.6) is 0 Å². The number of unbranched alkanes of at least 4 members (excludes halogenated alkanes) is 1. The number of rotatable bonds is 8. The average Bonchev–Trinajstić information content (AvgIpc) is 2.35. The molecule has 0 saturated heterocycles. The maximum Gasteiger partial charge on any atom is 0.0300 e. The highest BCUT2D eigenvalue weighted by Crippen LogP contribution is 2.12.